The molecule has 1 N–H and O–H groups in total. The van der Waals surface area contributed by atoms with Crippen LogP contribution in [0.5, 0.6) is 5.75 Å². The van der Waals surface area contributed by atoms with Crippen LogP contribution in [-0.4, -0.2) is 39.4 Å². The van der Waals surface area contributed by atoms with Crippen LogP contribution in [0.1, 0.15) is 45.8 Å². The second-order valence-electron chi connectivity index (χ2n) is 10.1. The average molecular weight is 611 g/mol. The van der Waals surface area contributed by atoms with Crippen LogP contribution in [0.25, 0.3) is 0 Å². The third-order valence-corrected chi connectivity index (χ3v) is 8.14. The maximum atomic E-state index is 13.1. The van der Waals surface area contributed by atoms with Gasteiger partial charge in [0.15, 0.2) is 0 Å². The lowest BCUT2D eigenvalue weighted by Crippen LogP contribution is -2.46. The molecule has 5 rings (SSSR count). The monoisotopic (exact) mass is 610 g/mol. The number of thioether (sulfide) groups is 1. The van der Waals surface area contributed by atoms with E-state index in [1.165, 1.54) is 0 Å². The van der Waals surface area contributed by atoms with Gasteiger partial charge in [0.25, 0.3) is 11.1 Å². The number of rotatable bonds is 12. The summed E-state index contributed by atoms with van der Waals surface area (Å²) in [6, 6.07) is 28.7. The van der Waals surface area contributed by atoms with Crippen LogP contribution in [0.3, 0.4) is 0 Å². The van der Waals surface area contributed by atoms with Crippen molar-refractivity contribution >= 4 is 34.8 Å². The van der Waals surface area contributed by atoms with Gasteiger partial charge >= 0.3 is 11.9 Å². The zero-order valence-electron chi connectivity index (χ0n) is 23.9. The normalized spacial score (nSPS) is 16.6. The first kappa shape index (κ1) is 30.5. The molecule has 2 amide bonds. The number of pyridine rings is 1. The maximum absolute atomic E-state index is 13.1. The molecule has 2 heterocycles. The largest absolute Gasteiger partial charge is 0.493 e. The Morgan fingerprint density at radius 3 is 2.23 bits per heavy atom. The van der Waals surface area contributed by atoms with Crippen LogP contribution in [-0.2, 0) is 38.5 Å². The summed E-state index contributed by atoms with van der Waals surface area (Å²) >= 11 is 0.642. The van der Waals surface area contributed by atoms with E-state index in [0.717, 1.165) is 16.8 Å². The highest BCUT2D eigenvalue weighted by Gasteiger charge is 2.55. The van der Waals surface area contributed by atoms with Crippen molar-refractivity contribution < 1.29 is 33.4 Å². The number of carbonyl (C=O) groups is 4. The Hall–Kier alpha value is -4.96. The minimum absolute atomic E-state index is 0.00540. The molecule has 10 heteroatoms. The van der Waals surface area contributed by atoms with E-state index < -0.39 is 33.9 Å². The van der Waals surface area contributed by atoms with Crippen molar-refractivity contribution in [2.75, 3.05) is 6.61 Å². The minimum atomic E-state index is -1.70. The smallest absolute Gasteiger partial charge is 0.338 e. The number of imide groups is 1. The van der Waals surface area contributed by atoms with Crippen molar-refractivity contribution in [3.05, 3.63) is 131 Å². The summed E-state index contributed by atoms with van der Waals surface area (Å²) in [6.07, 6.45) is 1.78. The zero-order chi connectivity index (χ0) is 30.9. The third kappa shape index (κ3) is 7.51. The van der Waals surface area contributed by atoms with E-state index >= 15 is 0 Å². The lowest BCUT2D eigenvalue weighted by molar-refractivity contribution is -0.150. The molecule has 224 valence electrons. The Morgan fingerprint density at radius 2 is 1.59 bits per heavy atom. The van der Waals surface area contributed by atoms with Gasteiger partial charge in [-0.1, -0.05) is 66.7 Å². The van der Waals surface area contributed by atoms with Gasteiger partial charge in [-0.3, -0.25) is 19.9 Å². The van der Waals surface area contributed by atoms with Gasteiger partial charge in [-0.15, -0.1) is 0 Å². The summed E-state index contributed by atoms with van der Waals surface area (Å²) in [5.41, 5.74) is 3.54. The first-order valence-corrected chi connectivity index (χ1v) is 14.8. The molecule has 4 aromatic rings. The number of benzene rings is 3. The Kier molecular flexibility index (Phi) is 9.71. The fourth-order valence-corrected chi connectivity index (χ4v) is 5.53. The molecule has 0 spiro atoms. The van der Waals surface area contributed by atoms with Crippen molar-refractivity contribution in [1.29, 1.82) is 0 Å². The molecule has 1 aromatic heterocycles. The van der Waals surface area contributed by atoms with Gasteiger partial charge in [-0.2, -0.15) is 0 Å². The summed E-state index contributed by atoms with van der Waals surface area (Å²) in [5, 5.41) is 1.63. The Morgan fingerprint density at radius 1 is 0.886 bits per heavy atom. The van der Waals surface area contributed by atoms with E-state index in [9.17, 15) is 19.2 Å². The molecule has 44 heavy (non-hydrogen) atoms. The quantitative estimate of drug-likeness (QED) is 0.161. The highest BCUT2D eigenvalue weighted by Crippen LogP contribution is 2.37. The van der Waals surface area contributed by atoms with Crippen molar-refractivity contribution in [3.8, 4) is 5.75 Å². The van der Waals surface area contributed by atoms with E-state index in [1.54, 1.807) is 61.7 Å². The molecule has 2 unspecified atom stereocenters. The molecule has 0 saturated carbocycles. The van der Waals surface area contributed by atoms with Gasteiger partial charge in [-0.05, 0) is 60.1 Å². The van der Waals surface area contributed by atoms with Crippen LogP contribution in [0.15, 0.2) is 103 Å². The van der Waals surface area contributed by atoms with Gasteiger partial charge in [0.05, 0.1) is 12.2 Å². The van der Waals surface area contributed by atoms with Gasteiger partial charge in [-0.25, -0.2) is 9.59 Å². The van der Waals surface area contributed by atoms with E-state index in [1.807, 2.05) is 48.5 Å². The molecule has 1 aliphatic heterocycles. The standard InChI is InChI=1S/C34H30N2O7S/c1-23(43-30(37)26-10-6-3-7-11-26)27-14-15-28(35-21-27)18-19-41-29-16-12-24(13-17-29)20-34(31(38)36-33(40)44-34)32(39)42-22-25-8-4-2-5-9-25/h2-17,21,23H,18-20,22H2,1H3,(H,36,38,40). The molecule has 3 aromatic carbocycles. The van der Waals surface area contributed by atoms with E-state index in [2.05, 4.69) is 10.3 Å². The molecule has 1 fully saturated rings. The minimum Gasteiger partial charge on any atom is -0.493 e. The number of nitrogens with zero attached hydrogens (tertiary/aromatic N) is 1. The highest BCUT2D eigenvalue weighted by atomic mass is 32.2. The molecule has 1 saturated heterocycles. The van der Waals surface area contributed by atoms with Crippen molar-refractivity contribution in [1.82, 2.24) is 10.3 Å². The Balaban J connectivity index is 1.12. The topological polar surface area (TPSA) is 121 Å². The van der Waals surface area contributed by atoms with Crippen LogP contribution in [0.2, 0.25) is 0 Å². The van der Waals surface area contributed by atoms with Crippen LogP contribution in [0.4, 0.5) is 4.79 Å². The molecule has 0 aliphatic carbocycles. The summed E-state index contributed by atoms with van der Waals surface area (Å²) in [7, 11) is 0. The molecule has 1 aliphatic rings. The van der Waals surface area contributed by atoms with Gasteiger partial charge in [0.1, 0.15) is 18.5 Å². The number of esters is 2. The van der Waals surface area contributed by atoms with Crippen molar-refractivity contribution in [2.45, 2.75) is 37.2 Å². The molecular formula is C34H30N2O7S. The number of ether oxygens (including phenoxy) is 3. The van der Waals surface area contributed by atoms with Gasteiger partial charge < -0.3 is 14.2 Å². The van der Waals surface area contributed by atoms with E-state index in [-0.39, 0.29) is 13.0 Å². The number of nitrogens with one attached hydrogen (secondary N) is 1. The zero-order valence-corrected chi connectivity index (χ0v) is 24.8. The number of carbonyl (C=O) groups excluding carboxylic acids is 4. The van der Waals surface area contributed by atoms with Crippen LogP contribution >= 0.6 is 11.8 Å². The summed E-state index contributed by atoms with van der Waals surface area (Å²) in [5.74, 6) is -1.24. The lowest BCUT2D eigenvalue weighted by atomic mass is 9.97. The lowest BCUT2D eigenvalue weighted by Gasteiger charge is -2.22. The third-order valence-electron chi connectivity index (χ3n) is 7.01. The van der Waals surface area contributed by atoms with Crippen LogP contribution in [0, 0.1) is 0 Å². The van der Waals surface area contributed by atoms with E-state index in [4.69, 9.17) is 14.2 Å². The number of hydrogen-bond donors (Lipinski definition) is 1. The van der Waals surface area contributed by atoms with Crippen molar-refractivity contribution in [2.24, 2.45) is 0 Å². The fourth-order valence-electron chi connectivity index (χ4n) is 4.55. The van der Waals surface area contributed by atoms with E-state index in [0.29, 0.717) is 41.7 Å². The SMILES string of the molecule is CC(OC(=O)c1ccccc1)c1ccc(CCOc2ccc(CC3(C(=O)OCc4ccccc4)SC(=O)NC3=O)cc2)nc1. The molecule has 0 bridgehead atoms. The number of aromatic nitrogens is 1. The molecular weight excluding hydrogens is 580 g/mol. The summed E-state index contributed by atoms with van der Waals surface area (Å²) < 4.78 is 15.2. The number of amides is 2. The predicted molar refractivity (Wildman–Crippen MR) is 164 cm³/mol. The fraction of sp³-hybridized carbons (Fsp3) is 0.206. The van der Waals surface area contributed by atoms with Crippen molar-refractivity contribution in [3.63, 3.8) is 0 Å². The first-order chi connectivity index (χ1) is 21.3. The Labute approximate surface area is 258 Å². The van der Waals surface area contributed by atoms with Crippen LogP contribution < -0.4 is 10.1 Å². The molecule has 2 atom stereocenters. The second kappa shape index (κ2) is 14.0. The summed E-state index contributed by atoms with van der Waals surface area (Å²) in [4.78, 5) is 54.7. The Bertz CT molecular complexity index is 1610. The maximum Gasteiger partial charge on any atom is 0.338 e. The second-order valence-corrected chi connectivity index (χ2v) is 11.4. The predicted octanol–water partition coefficient (Wildman–Crippen LogP) is 5.63. The number of hydrogen-bond acceptors (Lipinski definition) is 9. The average Bonchev–Trinajstić information content (AvgIpc) is 3.34. The first-order valence-electron chi connectivity index (χ1n) is 14.0. The van der Waals surface area contributed by atoms with Gasteiger partial charge in [0, 0.05) is 30.3 Å². The van der Waals surface area contributed by atoms with Gasteiger partial charge in [0.2, 0.25) is 4.75 Å². The summed E-state index contributed by atoms with van der Waals surface area (Å²) in [6.45, 7) is 2.16. The molecule has 9 nitrogen and oxygen atoms in total. The highest BCUT2D eigenvalue weighted by molar-refractivity contribution is 8.16. The molecule has 0 radical (unpaired) electrons.